The van der Waals surface area contributed by atoms with Gasteiger partial charge in [0, 0.05) is 5.92 Å². The van der Waals surface area contributed by atoms with E-state index in [0.29, 0.717) is 29.7 Å². The van der Waals surface area contributed by atoms with Crippen molar-refractivity contribution in [2.45, 2.75) is 45.4 Å². The van der Waals surface area contributed by atoms with Crippen LogP contribution in [-0.4, -0.2) is 22.5 Å². The largest absolute Gasteiger partial charge is 0.462 e. The number of nitrogens with two attached hydrogens (primary N) is 1. The molecule has 2 aliphatic carbocycles. The van der Waals surface area contributed by atoms with Gasteiger partial charge in [-0.25, -0.2) is 14.8 Å². The molecular formula is C15H21N3O2. The molecule has 5 heteroatoms. The van der Waals surface area contributed by atoms with Crippen LogP contribution in [0.25, 0.3) is 0 Å². The van der Waals surface area contributed by atoms with E-state index in [2.05, 4.69) is 9.97 Å². The van der Waals surface area contributed by atoms with Crippen molar-refractivity contribution >= 4 is 11.8 Å². The van der Waals surface area contributed by atoms with Crippen molar-refractivity contribution in [3.05, 3.63) is 17.1 Å². The molecule has 0 spiro atoms. The lowest BCUT2D eigenvalue weighted by atomic mass is 9.88. The number of ether oxygens (including phenoxy) is 1. The topological polar surface area (TPSA) is 78.1 Å². The third-order valence-corrected chi connectivity index (χ3v) is 4.68. The summed E-state index contributed by atoms with van der Waals surface area (Å²) in [5.41, 5.74) is 6.92. The summed E-state index contributed by atoms with van der Waals surface area (Å²) in [6.07, 6.45) is 5.09. The SMILES string of the molecule is CCOC(=O)c1c(C)nc(C2CC3CCC2C3)nc1N. The van der Waals surface area contributed by atoms with Crippen molar-refractivity contribution in [1.29, 1.82) is 0 Å². The van der Waals surface area contributed by atoms with Gasteiger partial charge >= 0.3 is 5.97 Å². The fourth-order valence-corrected chi connectivity index (χ4v) is 3.80. The van der Waals surface area contributed by atoms with Crippen LogP contribution in [0, 0.1) is 18.8 Å². The van der Waals surface area contributed by atoms with Gasteiger partial charge in [-0.3, -0.25) is 0 Å². The van der Waals surface area contributed by atoms with Gasteiger partial charge < -0.3 is 10.5 Å². The van der Waals surface area contributed by atoms with Crippen molar-refractivity contribution in [3.8, 4) is 0 Å². The summed E-state index contributed by atoms with van der Waals surface area (Å²) in [7, 11) is 0. The van der Waals surface area contributed by atoms with E-state index < -0.39 is 5.97 Å². The van der Waals surface area contributed by atoms with Crippen molar-refractivity contribution in [1.82, 2.24) is 9.97 Å². The number of rotatable bonds is 3. The van der Waals surface area contributed by atoms with Gasteiger partial charge in [0.2, 0.25) is 0 Å². The Hall–Kier alpha value is -1.65. The standard InChI is InChI=1S/C15H21N3O2/c1-3-20-15(19)12-8(2)17-14(18-13(12)16)11-7-9-4-5-10(11)6-9/h9-11H,3-7H2,1-2H3,(H2,16,17,18). The minimum Gasteiger partial charge on any atom is -0.462 e. The Balaban J connectivity index is 1.90. The molecular weight excluding hydrogens is 254 g/mol. The van der Waals surface area contributed by atoms with E-state index in [9.17, 15) is 4.79 Å². The van der Waals surface area contributed by atoms with E-state index in [1.807, 2.05) is 0 Å². The molecule has 0 amide bonds. The third kappa shape index (κ3) is 2.15. The molecule has 2 bridgehead atoms. The van der Waals surface area contributed by atoms with E-state index in [4.69, 9.17) is 10.5 Å². The molecule has 0 aromatic carbocycles. The summed E-state index contributed by atoms with van der Waals surface area (Å²) in [6, 6.07) is 0. The molecule has 3 unspecified atom stereocenters. The lowest BCUT2D eigenvalue weighted by Crippen LogP contribution is -2.18. The summed E-state index contributed by atoms with van der Waals surface area (Å²) in [4.78, 5) is 20.8. The summed E-state index contributed by atoms with van der Waals surface area (Å²) < 4.78 is 5.01. The Morgan fingerprint density at radius 2 is 2.15 bits per heavy atom. The zero-order valence-electron chi connectivity index (χ0n) is 12.1. The monoisotopic (exact) mass is 275 g/mol. The summed E-state index contributed by atoms with van der Waals surface area (Å²) in [5.74, 6) is 2.61. The average Bonchev–Trinajstić information content (AvgIpc) is 3.00. The Morgan fingerprint density at radius 3 is 2.70 bits per heavy atom. The van der Waals surface area contributed by atoms with Crippen molar-refractivity contribution in [2.24, 2.45) is 11.8 Å². The number of anilines is 1. The molecule has 3 atom stereocenters. The number of esters is 1. The maximum Gasteiger partial charge on any atom is 0.343 e. The molecule has 2 fully saturated rings. The Bertz CT molecular complexity index is 521. The van der Waals surface area contributed by atoms with Crippen LogP contribution in [0.15, 0.2) is 0 Å². The number of carbonyl (C=O) groups is 1. The first kappa shape index (κ1) is 13.3. The number of hydrogen-bond donors (Lipinski definition) is 1. The average molecular weight is 275 g/mol. The molecule has 0 saturated heterocycles. The maximum atomic E-state index is 11.9. The van der Waals surface area contributed by atoms with Crippen molar-refractivity contribution in [2.75, 3.05) is 12.3 Å². The van der Waals surface area contributed by atoms with Crippen LogP contribution in [-0.2, 0) is 4.74 Å². The Kier molecular flexibility index (Phi) is 3.36. The molecule has 2 saturated carbocycles. The molecule has 1 aromatic heterocycles. The molecule has 2 aliphatic rings. The Labute approximate surface area is 118 Å². The number of carbonyl (C=O) groups excluding carboxylic acids is 1. The van der Waals surface area contributed by atoms with Crippen LogP contribution in [0.1, 0.15) is 60.4 Å². The highest BCUT2D eigenvalue weighted by molar-refractivity contribution is 5.95. The first-order chi connectivity index (χ1) is 9.60. The van der Waals surface area contributed by atoms with Crippen LogP contribution in [0.2, 0.25) is 0 Å². The first-order valence-corrected chi connectivity index (χ1v) is 7.41. The van der Waals surface area contributed by atoms with Crippen LogP contribution in [0.4, 0.5) is 5.82 Å². The van der Waals surface area contributed by atoms with Crippen LogP contribution in [0.5, 0.6) is 0 Å². The number of aromatic nitrogens is 2. The quantitative estimate of drug-likeness (QED) is 0.857. The summed E-state index contributed by atoms with van der Waals surface area (Å²) in [6.45, 7) is 3.90. The second kappa shape index (κ2) is 5.04. The molecule has 2 N–H and O–H groups in total. The number of fused-ring (bicyclic) bond motifs is 2. The van der Waals surface area contributed by atoms with E-state index in [-0.39, 0.29) is 5.82 Å². The van der Waals surface area contributed by atoms with Gasteiger partial charge in [0.1, 0.15) is 17.2 Å². The van der Waals surface area contributed by atoms with Gasteiger partial charge in [-0.2, -0.15) is 0 Å². The molecule has 20 heavy (non-hydrogen) atoms. The Morgan fingerprint density at radius 1 is 1.35 bits per heavy atom. The number of hydrogen-bond acceptors (Lipinski definition) is 5. The van der Waals surface area contributed by atoms with E-state index >= 15 is 0 Å². The number of aryl methyl sites for hydroxylation is 1. The lowest BCUT2D eigenvalue weighted by Gasteiger charge is -2.21. The molecule has 0 aliphatic heterocycles. The second-order valence-electron chi connectivity index (χ2n) is 5.93. The highest BCUT2D eigenvalue weighted by Crippen LogP contribution is 2.52. The van der Waals surface area contributed by atoms with E-state index in [1.54, 1.807) is 13.8 Å². The van der Waals surface area contributed by atoms with Crippen molar-refractivity contribution in [3.63, 3.8) is 0 Å². The highest BCUT2D eigenvalue weighted by Gasteiger charge is 2.42. The minimum atomic E-state index is -0.429. The molecule has 5 nitrogen and oxygen atoms in total. The lowest BCUT2D eigenvalue weighted by molar-refractivity contribution is 0.0525. The predicted molar refractivity (Wildman–Crippen MR) is 75.3 cm³/mol. The smallest absolute Gasteiger partial charge is 0.343 e. The molecule has 0 radical (unpaired) electrons. The van der Waals surface area contributed by atoms with Gasteiger partial charge in [-0.15, -0.1) is 0 Å². The molecule has 1 heterocycles. The zero-order chi connectivity index (χ0) is 14.3. The molecule has 108 valence electrons. The highest BCUT2D eigenvalue weighted by atomic mass is 16.5. The first-order valence-electron chi connectivity index (χ1n) is 7.41. The second-order valence-corrected chi connectivity index (χ2v) is 5.93. The maximum absolute atomic E-state index is 11.9. The normalized spacial score (nSPS) is 27.8. The zero-order valence-corrected chi connectivity index (χ0v) is 12.1. The fourth-order valence-electron chi connectivity index (χ4n) is 3.80. The molecule has 3 rings (SSSR count). The predicted octanol–water partition coefficient (Wildman–Crippen LogP) is 2.45. The van der Waals surface area contributed by atoms with Gasteiger partial charge in [0.25, 0.3) is 0 Å². The fraction of sp³-hybridized carbons (Fsp3) is 0.667. The summed E-state index contributed by atoms with van der Waals surface area (Å²) in [5, 5.41) is 0. The van der Waals surface area contributed by atoms with E-state index in [0.717, 1.165) is 11.7 Å². The van der Waals surface area contributed by atoms with E-state index in [1.165, 1.54) is 25.7 Å². The van der Waals surface area contributed by atoms with Gasteiger partial charge in [0.05, 0.1) is 12.3 Å². The number of nitrogen functional groups attached to an aromatic ring is 1. The van der Waals surface area contributed by atoms with Gasteiger partial charge in [-0.05, 0) is 44.9 Å². The van der Waals surface area contributed by atoms with Crippen LogP contribution in [0.3, 0.4) is 0 Å². The third-order valence-electron chi connectivity index (χ3n) is 4.68. The van der Waals surface area contributed by atoms with Gasteiger partial charge in [-0.1, -0.05) is 6.42 Å². The van der Waals surface area contributed by atoms with Crippen LogP contribution < -0.4 is 5.73 Å². The number of nitrogens with zero attached hydrogens (tertiary/aromatic N) is 2. The molecule has 1 aromatic rings. The van der Waals surface area contributed by atoms with Gasteiger partial charge in [0.15, 0.2) is 0 Å². The minimum absolute atomic E-state index is 0.258. The van der Waals surface area contributed by atoms with Crippen molar-refractivity contribution < 1.29 is 9.53 Å². The summed E-state index contributed by atoms with van der Waals surface area (Å²) >= 11 is 0. The van der Waals surface area contributed by atoms with Crippen LogP contribution >= 0.6 is 0 Å².